The number of benzene rings is 1. The molecule has 1 saturated heterocycles. The van der Waals surface area contributed by atoms with Gasteiger partial charge in [0.1, 0.15) is 0 Å². The smallest absolute Gasteiger partial charge is 0.0456 e. The average Bonchev–Trinajstić information content (AvgIpc) is 2.97. The molecule has 1 aliphatic rings. The minimum absolute atomic E-state index is 0.681. The van der Waals surface area contributed by atoms with E-state index in [1.54, 1.807) is 0 Å². The van der Waals surface area contributed by atoms with Crippen LogP contribution in [-0.4, -0.2) is 42.6 Å². The summed E-state index contributed by atoms with van der Waals surface area (Å²) >= 11 is 0. The predicted octanol–water partition coefficient (Wildman–Crippen LogP) is 2.00. The molecule has 1 aromatic carbocycles. The van der Waals surface area contributed by atoms with Gasteiger partial charge in [-0.25, -0.2) is 0 Å². The van der Waals surface area contributed by atoms with Crippen molar-refractivity contribution in [2.45, 2.75) is 18.9 Å². The largest absolute Gasteiger partial charge is 0.361 e. The number of aromatic amines is 1. The standard InChI is InChI=1S/C15H21N3/c1-18-9-7-13(11-18)16-8-6-12-10-17-15-5-3-2-4-14(12)15/h2-5,10,13,16-17H,6-9,11H2,1H3. The van der Waals surface area contributed by atoms with Crippen LogP contribution in [0.15, 0.2) is 30.5 Å². The molecule has 96 valence electrons. The number of hydrogen-bond acceptors (Lipinski definition) is 2. The van der Waals surface area contributed by atoms with E-state index < -0.39 is 0 Å². The molecular weight excluding hydrogens is 222 g/mol. The minimum Gasteiger partial charge on any atom is -0.361 e. The predicted molar refractivity (Wildman–Crippen MR) is 75.9 cm³/mol. The van der Waals surface area contributed by atoms with Gasteiger partial charge in [0.15, 0.2) is 0 Å². The molecule has 0 spiro atoms. The summed E-state index contributed by atoms with van der Waals surface area (Å²) in [4.78, 5) is 5.73. The molecule has 0 bridgehead atoms. The van der Waals surface area contributed by atoms with E-state index in [0.29, 0.717) is 6.04 Å². The third-order valence-electron chi connectivity index (χ3n) is 3.89. The zero-order valence-electron chi connectivity index (χ0n) is 10.9. The Morgan fingerprint density at radius 2 is 2.28 bits per heavy atom. The fourth-order valence-corrected chi connectivity index (χ4v) is 2.85. The van der Waals surface area contributed by atoms with Gasteiger partial charge >= 0.3 is 0 Å². The highest BCUT2D eigenvalue weighted by molar-refractivity contribution is 5.83. The van der Waals surface area contributed by atoms with Crippen molar-refractivity contribution < 1.29 is 0 Å². The monoisotopic (exact) mass is 243 g/mol. The summed E-state index contributed by atoms with van der Waals surface area (Å²) in [6.45, 7) is 3.49. The summed E-state index contributed by atoms with van der Waals surface area (Å²) in [5, 5.41) is 5.02. The van der Waals surface area contributed by atoms with E-state index in [4.69, 9.17) is 0 Å². The van der Waals surface area contributed by atoms with Gasteiger partial charge in [-0.2, -0.15) is 0 Å². The third-order valence-corrected chi connectivity index (χ3v) is 3.89. The van der Waals surface area contributed by atoms with Crippen molar-refractivity contribution in [1.29, 1.82) is 0 Å². The molecule has 0 aliphatic carbocycles. The molecule has 1 unspecified atom stereocenters. The number of H-pyrrole nitrogens is 1. The maximum Gasteiger partial charge on any atom is 0.0456 e. The van der Waals surface area contributed by atoms with Gasteiger partial charge in [0.05, 0.1) is 0 Å². The second-order valence-electron chi connectivity index (χ2n) is 5.31. The van der Waals surface area contributed by atoms with Gasteiger partial charge < -0.3 is 15.2 Å². The topological polar surface area (TPSA) is 31.1 Å². The Morgan fingerprint density at radius 1 is 1.39 bits per heavy atom. The Kier molecular flexibility index (Phi) is 3.35. The first-order chi connectivity index (χ1) is 8.83. The second-order valence-corrected chi connectivity index (χ2v) is 5.31. The van der Waals surface area contributed by atoms with Crippen molar-refractivity contribution in [2.24, 2.45) is 0 Å². The Morgan fingerprint density at radius 3 is 3.11 bits per heavy atom. The molecular formula is C15H21N3. The van der Waals surface area contributed by atoms with Gasteiger partial charge in [0.25, 0.3) is 0 Å². The van der Waals surface area contributed by atoms with E-state index in [-0.39, 0.29) is 0 Å². The van der Waals surface area contributed by atoms with Gasteiger partial charge in [-0.3, -0.25) is 0 Å². The zero-order valence-corrected chi connectivity index (χ0v) is 10.9. The molecule has 0 radical (unpaired) electrons. The summed E-state index contributed by atoms with van der Waals surface area (Å²) in [6.07, 6.45) is 4.53. The third kappa shape index (κ3) is 2.42. The number of para-hydroxylation sites is 1. The summed E-state index contributed by atoms with van der Waals surface area (Å²) in [7, 11) is 2.20. The number of aromatic nitrogens is 1. The molecule has 3 rings (SSSR count). The van der Waals surface area contributed by atoms with Crippen molar-refractivity contribution in [3.05, 3.63) is 36.0 Å². The Labute approximate surface area is 108 Å². The van der Waals surface area contributed by atoms with Crippen LogP contribution in [0.1, 0.15) is 12.0 Å². The molecule has 0 saturated carbocycles. The molecule has 2 aromatic rings. The molecule has 1 aliphatic heterocycles. The molecule has 3 nitrogen and oxygen atoms in total. The Balaban J connectivity index is 1.57. The van der Waals surface area contributed by atoms with E-state index in [2.05, 4.69) is 52.7 Å². The highest BCUT2D eigenvalue weighted by Crippen LogP contribution is 2.17. The van der Waals surface area contributed by atoms with Gasteiger partial charge in [-0.15, -0.1) is 0 Å². The highest BCUT2D eigenvalue weighted by Gasteiger charge is 2.18. The lowest BCUT2D eigenvalue weighted by Gasteiger charge is -2.12. The maximum atomic E-state index is 3.66. The van der Waals surface area contributed by atoms with Gasteiger partial charge in [0.2, 0.25) is 0 Å². The number of likely N-dealkylation sites (tertiary alicyclic amines) is 1. The average molecular weight is 243 g/mol. The summed E-state index contributed by atoms with van der Waals surface area (Å²) in [6, 6.07) is 9.21. The lowest BCUT2D eigenvalue weighted by atomic mass is 10.1. The Hall–Kier alpha value is -1.32. The highest BCUT2D eigenvalue weighted by atomic mass is 15.2. The van der Waals surface area contributed by atoms with E-state index in [9.17, 15) is 0 Å². The van der Waals surface area contributed by atoms with E-state index in [0.717, 1.165) is 13.0 Å². The lowest BCUT2D eigenvalue weighted by Crippen LogP contribution is -2.32. The molecule has 1 fully saturated rings. The first-order valence-corrected chi connectivity index (χ1v) is 6.80. The summed E-state index contributed by atoms with van der Waals surface area (Å²) < 4.78 is 0. The van der Waals surface area contributed by atoms with Crippen molar-refractivity contribution in [1.82, 2.24) is 15.2 Å². The molecule has 1 aromatic heterocycles. The maximum absolute atomic E-state index is 3.66. The fourth-order valence-electron chi connectivity index (χ4n) is 2.85. The number of hydrogen-bond donors (Lipinski definition) is 2. The van der Waals surface area contributed by atoms with Crippen LogP contribution < -0.4 is 5.32 Å². The molecule has 1 atom stereocenters. The van der Waals surface area contributed by atoms with Crippen molar-refractivity contribution in [3.63, 3.8) is 0 Å². The molecule has 2 N–H and O–H groups in total. The van der Waals surface area contributed by atoms with Crippen LogP contribution >= 0.6 is 0 Å². The van der Waals surface area contributed by atoms with Crippen molar-refractivity contribution in [2.75, 3.05) is 26.7 Å². The number of nitrogens with one attached hydrogen (secondary N) is 2. The van der Waals surface area contributed by atoms with Crippen LogP contribution in [0.5, 0.6) is 0 Å². The number of fused-ring (bicyclic) bond motifs is 1. The number of rotatable bonds is 4. The second kappa shape index (κ2) is 5.12. The van der Waals surface area contributed by atoms with Crippen LogP contribution in [0.25, 0.3) is 10.9 Å². The van der Waals surface area contributed by atoms with Crippen molar-refractivity contribution >= 4 is 10.9 Å². The van der Waals surface area contributed by atoms with Crippen LogP contribution in [0.2, 0.25) is 0 Å². The van der Waals surface area contributed by atoms with Gasteiger partial charge in [-0.05, 0) is 44.6 Å². The van der Waals surface area contributed by atoms with Crippen LogP contribution in [0, 0.1) is 0 Å². The summed E-state index contributed by atoms with van der Waals surface area (Å²) in [5.41, 5.74) is 2.66. The van der Waals surface area contributed by atoms with Crippen LogP contribution in [0.4, 0.5) is 0 Å². The minimum atomic E-state index is 0.681. The van der Waals surface area contributed by atoms with Crippen molar-refractivity contribution in [3.8, 4) is 0 Å². The molecule has 3 heteroatoms. The molecule has 2 heterocycles. The van der Waals surface area contributed by atoms with Crippen LogP contribution in [0.3, 0.4) is 0 Å². The normalized spacial score (nSPS) is 20.8. The molecule has 0 amide bonds. The van der Waals surface area contributed by atoms with Crippen LogP contribution in [-0.2, 0) is 6.42 Å². The van der Waals surface area contributed by atoms with Gasteiger partial charge in [-0.1, -0.05) is 18.2 Å². The lowest BCUT2D eigenvalue weighted by molar-refractivity contribution is 0.398. The van der Waals surface area contributed by atoms with E-state index in [1.807, 2.05) is 0 Å². The number of nitrogens with zero attached hydrogens (tertiary/aromatic N) is 1. The van der Waals surface area contributed by atoms with E-state index in [1.165, 1.54) is 36.0 Å². The zero-order chi connectivity index (χ0) is 12.4. The number of likely N-dealkylation sites (N-methyl/N-ethyl adjacent to an activating group) is 1. The van der Waals surface area contributed by atoms with E-state index >= 15 is 0 Å². The summed E-state index contributed by atoms with van der Waals surface area (Å²) in [5.74, 6) is 0. The first kappa shape index (κ1) is 11.8. The Bertz CT molecular complexity index is 517. The quantitative estimate of drug-likeness (QED) is 0.860. The first-order valence-electron chi connectivity index (χ1n) is 6.80. The SMILES string of the molecule is CN1CCC(NCCc2c[nH]c3ccccc23)C1. The van der Waals surface area contributed by atoms with Gasteiger partial charge in [0, 0.05) is 29.7 Å². The fraction of sp³-hybridized carbons (Fsp3) is 0.467. The molecule has 18 heavy (non-hydrogen) atoms.